The van der Waals surface area contributed by atoms with E-state index in [2.05, 4.69) is 40.4 Å². The minimum Gasteiger partial charge on any atom is -0.353 e. The molecule has 0 bridgehead atoms. The Kier molecular flexibility index (Phi) is 4.58. The molecular formula is C11H17ClN4. The summed E-state index contributed by atoms with van der Waals surface area (Å²) in [5, 5.41) is 7.51. The molecule has 0 spiro atoms. The third-order valence-corrected chi connectivity index (χ3v) is 2.59. The van der Waals surface area contributed by atoms with Crippen LogP contribution >= 0.6 is 12.4 Å². The molecule has 16 heavy (non-hydrogen) atoms. The Morgan fingerprint density at radius 1 is 1.19 bits per heavy atom. The molecule has 0 fully saturated rings. The average Bonchev–Trinajstić information content (AvgIpc) is 2.78. The Hall–Kier alpha value is -1.26. The number of hydrogen-bond donors (Lipinski definition) is 1. The second-order valence-corrected chi connectivity index (χ2v) is 3.66. The molecule has 0 aliphatic rings. The molecule has 0 unspecified atom stereocenters. The fourth-order valence-electron chi connectivity index (χ4n) is 1.57. The van der Waals surface area contributed by atoms with Crippen molar-refractivity contribution in [2.24, 2.45) is 14.1 Å². The highest BCUT2D eigenvalue weighted by Gasteiger charge is 1.99. The smallest absolute Gasteiger partial charge is 0.0518 e. The lowest BCUT2D eigenvalue weighted by molar-refractivity contribution is 0.609. The van der Waals surface area contributed by atoms with Gasteiger partial charge in [-0.15, -0.1) is 12.4 Å². The van der Waals surface area contributed by atoms with Crippen molar-refractivity contribution in [1.82, 2.24) is 19.7 Å². The van der Waals surface area contributed by atoms with E-state index in [0.29, 0.717) is 0 Å². The van der Waals surface area contributed by atoms with Crippen LogP contribution < -0.4 is 5.32 Å². The zero-order valence-electron chi connectivity index (χ0n) is 9.55. The fourth-order valence-corrected chi connectivity index (χ4v) is 1.57. The summed E-state index contributed by atoms with van der Waals surface area (Å²) < 4.78 is 4.01. The zero-order valence-corrected chi connectivity index (χ0v) is 10.4. The zero-order chi connectivity index (χ0) is 10.7. The molecule has 4 nitrogen and oxygen atoms in total. The lowest BCUT2D eigenvalue weighted by Crippen LogP contribution is -2.16. The van der Waals surface area contributed by atoms with E-state index in [1.54, 1.807) is 0 Å². The van der Waals surface area contributed by atoms with Gasteiger partial charge in [-0.2, -0.15) is 5.10 Å². The quantitative estimate of drug-likeness (QED) is 0.879. The standard InChI is InChI=1S/C11H16N4.ClH/c1-14-7-3-4-10(14)8-12-9-11-5-6-13-15(11)2;/h3-7,12H,8-9H2,1-2H3;1H. The normalized spacial score (nSPS) is 10.1. The molecule has 88 valence electrons. The van der Waals surface area contributed by atoms with E-state index in [-0.39, 0.29) is 12.4 Å². The van der Waals surface area contributed by atoms with Gasteiger partial charge >= 0.3 is 0 Å². The highest BCUT2D eigenvalue weighted by molar-refractivity contribution is 5.85. The molecule has 2 heterocycles. The Balaban J connectivity index is 0.00000128. The Labute approximate surface area is 102 Å². The largest absolute Gasteiger partial charge is 0.353 e. The van der Waals surface area contributed by atoms with Gasteiger partial charge in [0.25, 0.3) is 0 Å². The molecule has 0 aromatic carbocycles. The van der Waals surface area contributed by atoms with Crippen LogP contribution in [0.3, 0.4) is 0 Å². The van der Waals surface area contributed by atoms with E-state index < -0.39 is 0 Å². The van der Waals surface area contributed by atoms with E-state index in [0.717, 1.165) is 13.1 Å². The van der Waals surface area contributed by atoms with Gasteiger partial charge in [0.1, 0.15) is 0 Å². The molecule has 0 saturated carbocycles. The first kappa shape index (κ1) is 12.8. The lowest BCUT2D eigenvalue weighted by atomic mass is 10.4. The first-order valence-corrected chi connectivity index (χ1v) is 5.05. The van der Waals surface area contributed by atoms with Crippen molar-refractivity contribution in [2.45, 2.75) is 13.1 Å². The number of aromatic nitrogens is 3. The van der Waals surface area contributed by atoms with Crippen molar-refractivity contribution in [1.29, 1.82) is 0 Å². The van der Waals surface area contributed by atoms with Gasteiger partial charge in [-0.1, -0.05) is 0 Å². The third kappa shape index (κ3) is 2.87. The topological polar surface area (TPSA) is 34.8 Å². The van der Waals surface area contributed by atoms with Gasteiger partial charge in [0.2, 0.25) is 0 Å². The van der Waals surface area contributed by atoms with Crippen LogP contribution in [0.5, 0.6) is 0 Å². The highest BCUT2D eigenvalue weighted by atomic mass is 35.5. The van der Waals surface area contributed by atoms with E-state index in [1.165, 1.54) is 11.4 Å². The summed E-state index contributed by atoms with van der Waals surface area (Å²) in [6.07, 6.45) is 3.88. The van der Waals surface area contributed by atoms with Crippen molar-refractivity contribution in [3.05, 3.63) is 42.0 Å². The van der Waals surface area contributed by atoms with Crippen molar-refractivity contribution < 1.29 is 0 Å². The van der Waals surface area contributed by atoms with Crippen LogP contribution in [0.1, 0.15) is 11.4 Å². The van der Waals surface area contributed by atoms with E-state index in [9.17, 15) is 0 Å². The van der Waals surface area contributed by atoms with Gasteiger partial charge in [0.05, 0.1) is 5.69 Å². The van der Waals surface area contributed by atoms with Gasteiger partial charge < -0.3 is 9.88 Å². The second-order valence-electron chi connectivity index (χ2n) is 3.66. The molecule has 5 heteroatoms. The third-order valence-electron chi connectivity index (χ3n) is 2.59. The second kappa shape index (κ2) is 5.72. The number of nitrogens with one attached hydrogen (secondary N) is 1. The summed E-state index contributed by atoms with van der Waals surface area (Å²) in [5.74, 6) is 0. The van der Waals surface area contributed by atoms with Crippen LogP contribution in [0.15, 0.2) is 30.6 Å². The van der Waals surface area contributed by atoms with Crippen LogP contribution in [0, 0.1) is 0 Å². The fraction of sp³-hybridized carbons (Fsp3) is 0.364. The molecule has 0 saturated heterocycles. The Bertz CT molecular complexity index is 392. The number of rotatable bonds is 4. The molecule has 0 radical (unpaired) electrons. The Morgan fingerprint density at radius 3 is 2.50 bits per heavy atom. The van der Waals surface area contributed by atoms with Crippen LogP contribution in [0.2, 0.25) is 0 Å². The van der Waals surface area contributed by atoms with Crippen molar-refractivity contribution >= 4 is 12.4 Å². The predicted octanol–water partition coefficient (Wildman–Crippen LogP) is 1.47. The molecule has 0 amide bonds. The van der Waals surface area contributed by atoms with Crippen LogP contribution in [0.4, 0.5) is 0 Å². The van der Waals surface area contributed by atoms with Gasteiger partial charge in [-0.3, -0.25) is 4.68 Å². The van der Waals surface area contributed by atoms with Gasteiger partial charge in [0.15, 0.2) is 0 Å². The first-order valence-electron chi connectivity index (χ1n) is 5.05. The maximum absolute atomic E-state index is 4.12. The SMILES string of the molecule is Cl.Cn1cccc1CNCc1ccnn1C. The number of nitrogens with zero attached hydrogens (tertiary/aromatic N) is 3. The maximum atomic E-state index is 4.12. The molecular weight excluding hydrogens is 224 g/mol. The molecule has 1 N–H and O–H groups in total. The predicted molar refractivity (Wildman–Crippen MR) is 66.4 cm³/mol. The minimum absolute atomic E-state index is 0. The summed E-state index contributed by atoms with van der Waals surface area (Å²) in [7, 11) is 4.01. The monoisotopic (exact) mass is 240 g/mol. The van der Waals surface area contributed by atoms with Gasteiger partial charge in [-0.25, -0.2) is 0 Å². The van der Waals surface area contributed by atoms with E-state index >= 15 is 0 Å². The summed E-state index contributed by atoms with van der Waals surface area (Å²) in [6, 6.07) is 6.20. The molecule has 0 atom stereocenters. The number of aryl methyl sites for hydroxylation is 2. The summed E-state index contributed by atoms with van der Waals surface area (Å²) in [5.41, 5.74) is 2.49. The van der Waals surface area contributed by atoms with Crippen molar-refractivity contribution in [3.63, 3.8) is 0 Å². The van der Waals surface area contributed by atoms with Crippen LogP contribution in [0.25, 0.3) is 0 Å². The van der Waals surface area contributed by atoms with E-state index in [1.807, 2.05) is 24.0 Å². The van der Waals surface area contributed by atoms with E-state index in [4.69, 9.17) is 0 Å². The molecule has 0 aliphatic carbocycles. The van der Waals surface area contributed by atoms with Crippen molar-refractivity contribution in [2.75, 3.05) is 0 Å². The first-order chi connectivity index (χ1) is 7.27. The Morgan fingerprint density at radius 2 is 1.94 bits per heavy atom. The minimum atomic E-state index is 0. The summed E-state index contributed by atoms with van der Waals surface area (Å²) in [4.78, 5) is 0. The summed E-state index contributed by atoms with van der Waals surface area (Å²) >= 11 is 0. The molecule has 0 aliphatic heterocycles. The van der Waals surface area contributed by atoms with Gasteiger partial charge in [-0.05, 0) is 18.2 Å². The number of halogens is 1. The van der Waals surface area contributed by atoms with Crippen LogP contribution in [-0.2, 0) is 27.2 Å². The van der Waals surface area contributed by atoms with Gasteiger partial charge in [0, 0.05) is 45.3 Å². The molecule has 2 aromatic heterocycles. The van der Waals surface area contributed by atoms with Crippen LogP contribution in [-0.4, -0.2) is 14.3 Å². The number of hydrogen-bond acceptors (Lipinski definition) is 2. The van der Waals surface area contributed by atoms with Crippen molar-refractivity contribution in [3.8, 4) is 0 Å². The maximum Gasteiger partial charge on any atom is 0.0518 e. The summed E-state index contributed by atoms with van der Waals surface area (Å²) in [6.45, 7) is 1.73. The average molecular weight is 241 g/mol. The highest BCUT2D eigenvalue weighted by Crippen LogP contribution is 2.00. The molecule has 2 rings (SSSR count). The molecule has 2 aromatic rings. The lowest BCUT2D eigenvalue weighted by Gasteiger charge is -2.06.